The van der Waals surface area contributed by atoms with E-state index in [2.05, 4.69) is 0 Å². The van der Waals surface area contributed by atoms with Crippen molar-refractivity contribution >= 4 is 5.97 Å². The molecule has 3 N–H and O–H groups in total. The molecule has 1 aliphatic heterocycles. The van der Waals surface area contributed by atoms with Crippen LogP contribution in [-0.2, 0) is 11.2 Å². The Bertz CT molecular complexity index is 419. The summed E-state index contributed by atoms with van der Waals surface area (Å²) in [5.74, 6) is 0.366. The zero-order valence-electron chi connectivity index (χ0n) is 9.39. The van der Waals surface area contributed by atoms with E-state index in [1.165, 1.54) is 0 Å². The Morgan fingerprint density at radius 2 is 2.06 bits per heavy atom. The minimum atomic E-state index is -1.00. The van der Waals surface area contributed by atoms with E-state index >= 15 is 0 Å². The number of rotatable bonds is 3. The van der Waals surface area contributed by atoms with Crippen LogP contribution in [0.5, 0.6) is 11.5 Å². The van der Waals surface area contributed by atoms with Crippen LogP contribution in [0.4, 0.5) is 0 Å². The summed E-state index contributed by atoms with van der Waals surface area (Å²) in [6.45, 7) is 1.25. The quantitative estimate of drug-likeness (QED) is 0.812. The molecule has 0 aromatic heterocycles. The fourth-order valence-corrected chi connectivity index (χ4v) is 1.68. The van der Waals surface area contributed by atoms with Gasteiger partial charge in [-0.3, -0.25) is 4.79 Å². The van der Waals surface area contributed by atoms with Crippen LogP contribution in [0.25, 0.3) is 0 Å². The second-order valence-corrected chi connectivity index (χ2v) is 3.98. The monoisotopic (exact) mass is 237 g/mol. The Morgan fingerprint density at radius 3 is 2.76 bits per heavy atom. The van der Waals surface area contributed by atoms with Gasteiger partial charge in [0.2, 0.25) is 0 Å². The lowest BCUT2D eigenvalue weighted by Crippen LogP contribution is -2.32. The normalized spacial score (nSPS) is 16.1. The highest BCUT2D eigenvalue weighted by Crippen LogP contribution is 2.30. The average molecular weight is 237 g/mol. The Morgan fingerprint density at radius 1 is 1.35 bits per heavy atom. The van der Waals surface area contributed by atoms with Crippen molar-refractivity contribution in [2.45, 2.75) is 18.9 Å². The second-order valence-electron chi connectivity index (χ2n) is 3.98. The molecule has 0 bridgehead atoms. The van der Waals surface area contributed by atoms with Gasteiger partial charge in [0.25, 0.3) is 0 Å². The molecule has 1 aromatic carbocycles. The Kier molecular flexibility index (Phi) is 3.49. The standard InChI is InChI=1S/C12H15NO4/c13-9(12(14)15)6-8-2-3-10-11(7-8)17-5-1-4-16-10/h2-3,7,9H,1,4-6,13H2,(H,14,15)/t9-/m1/s1. The van der Waals surface area contributed by atoms with Crippen molar-refractivity contribution in [3.05, 3.63) is 23.8 Å². The summed E-state index contributed by atoms with van der Waals surface area (Å²) >= 11 is 0. The van der Waals surface area contributed by atoms with E-state index in [-0.39, 0.29) is 6.42 Å². The number of fused-ring (bicyclic) bond motifs is 1. The molecule has 1 atom stereocenters. The number of hydrogen-bond acceptors (Lipinski definition) is 4. The number of hydrogen-bond donors (Lipinski definition) is 2. The third kappa shape index (κ3) is 2.88. The Balaban J connectivity index is 2.15. The van der Waals surface area contributed by atoms with Crippen molar-refractivity contribution in [1.82, 2.24) is 0 Å². The minimum Gasteiger partial charge on any atom is -0.490 e. The maximum Gasteiger partial charge on any atom is 0.320 e. The van der Waals surface area contributed by atoms with Crippen LogP contribution in [0.3, 0.4) is 0 Å². The number of carboxylic acids is 1. The second kappa shape index (κ2) is 5.05. The highest BCUT2D eigenvalue weighted by molar-refractivity contribution is 5.73. The van der Waals surface area contributed by atoms with Gasteiger partial charge in [-0.2, -0.15) is 0 Å². The first kappa shape index (κ1) is 11.7. The van der Waals surface area contributed by atoms with Crippen molar-refractivity contribution in [2.24, 2.45) is 5.73 Å². The minimum absolute atomic E-state index is 0.284. The average Bonchev–Trinajstić information content (AvgIpc) is 2.53. The number of benzene rings is 1. The smallest absolute Gasteiger partial charge is 0.320 e. The Hall–Kier alpha value is -1.75. The van der Waals surface area contributed by atoms with Crippen molar-refractivity contribution < 1.29 is 19.4 Å². The van der Waals surface area contributed by atoms with Gasteiger partial charge in [0.15, 0.2) is 11.5 Å². The molecule has 0 aliphatic carbocycles. The Labute approximate surface area is 99.1 Å². The number of nitrogens with two attached hydrogens (primary N) is 1. The third-order valence-corrected chi connectivity index (χ3v) is 2.58. The molecule has 2 rings (SSSR count). The number of carbonyl (C=O) groups is 1. The van der Waals surface area contributed by atoms with Gasteiger partial charge in [-0.25, -0.2) is 0 Å². The van der Waals surface area contributed by atoms with Crippen LogP contribution in [-0.4, -0.2) is 30.3 Å². The van der Waals surface area contributed by atoms with E-state index in [0.717, 1.165) is 12.0 Å². The molecule has 0 saturated heterocycles. The van der Waals surface area contributed by atoms with Crippen LogP contribution in [0.2, 0.25) is 0 Å². The molecule has 0 fully saturated rings. The lowest BCUT2D eigenvalue weighted by molar-refractivity contribution is -0.138. The van der Waals surface area contributed by atoms with Gasteiger partial charge in [-0.15, -0.1) is 0 Å². The summed E-state index contributed by atoms with van der Waals surface area (Å²) in [7, 11) is 0. The molecule has 1 heterocycles. The molecular weight excluding hydrogens is 222 g/mol. The first-order valence-corrected chi connectivity index (χ1v) is 5.54. The largest absolute Gasteiger partial charge is 0.490 e. The van der Waals surface area contributed by atoms with E-state index in [9.17, 15) is 4.79 Å². The van der Waals surface area contributed by atoms with E-state index < -0.39 is 12.0 Å². The first-order chi connectivity index (χ1) is 8.16. The molecule has 0 spiro atoms. The van der Waals surface area contributed by atoms with Gasteiger partial charge in [0.1, 0.15) is 6.04 Å². The zero-order chi connectivity index (χ0) is 12.3. The van der Waals surface area contributed by atoms with E-state index in [1.54, 1.807) is 12.1 Å². The molecule has 92 valence electrons. The molecular formula is C12H15NO4. The van der Waals surface area contributed by atoms with Gasteiger partial charge in [-0.1, -0.05) is 6.07 Å². The fourth-order valence-electron chi connectivity index (χ4n) is 1.68. The van der Waals surface area contributed by atoms with Gasteiger partial charge >= 0.3 is 5.97 Å². The van der Waals surface area contributed by atoms with Gasteiger partial charge < -0.3 is 20.3 Å². The predicted molar refractivity (Wildman–Crippen MR) is 61.4 cm³/mol. The maximum atomic E-state index is 10.7. The van der Waals surface area contributed by atoms with Gasteiger partial charge in [-0.05, 0) is 24.1 Å². The lowest BCUT2D eigenvalue weighted by atomic mass is 10.1. The molecule has 1 aliphatic rings. The zero-order valence-corrected chi connectivity index (χ0v) is 9.39. The van der Waals surface area contributed by atoms with Gasteiger partial charge in [0, 0.05) is 6.42 Å². The highest BCUT2D eigenvalue weighted by atomic mass is 16.5. The summed E-state index contributed by atoms with van der Waals surface area (Å²) in [6.07, 6.45) is 1.13. The lowest BCUT2D eigenvalue weighted by Gasteiger charge is -2.10. The van der Waals surface area contributed by atoms with E-state index in [1.807, 2.05) is 6.07 Å². The summed E-state index contributed by atoms with van der Waals surface area (Å²) < 4.78 is 11.0. The predicted octanol–water partition coefficient (Wildman–Crippen LogP) is 0.802. The van der Waals surface area contributed by atoms with Crippen LogP contribution < -0.4 is 15.2 Å². The molecule has 0 saturated carbocycles. The number of carboxylic acid groups (broad SMARTS) is 1. The van der Waals surface area contributed by atoms with Crippen molar-refractivity contribution in [1.29, 1.82) is 0 Å². The number of ether oxygens (including phenoxy) is 2. The summed E-state index contributed by atoms with van der Waals surface area (Å²) in [5.41, 5.74) is 6.32. The van der Waals surface area contributed by atoms with Crippen molar-refractivity contribution in [3.63, 3.8) is 0 Å². The SMILES string of the molecule is N[C@H](Cc1ccc2c(c1)OCCCO2)C(=O)O. The first-order valence-electron chi connectivity index (χ1n) is 5.54. The fraction of sp³-hybridized carbons (Fsp3) is 0.417. The summed E-state index contributed by atoms with van der Waals surface area (Å²) in [6, 6.07) is 4.52. The van der Waals surface area contributed by atoms with Crippen molar-refractivity contribution in [3.8, 4) is 11.5 Å². The summed E-state index contributed by atoms with van der Waals surface area (Å²) in [4.78, 5) is 10.7. The van der Waals surface area contributed by atoms with E-state index in [0.29, 0.717) is 24.7 Å². The van der Waals surface area contributed by atoms with E-state index in [4.69, 9.17) is 20.3 Å². The van der Waals surface area contributed by atoms with Crippen LogP contribution >= 0.6 is 0 Å². The molecule has 0 radical (unpaired) electrons. The number of aliphatic carboxylic acids is 1. The highest BCUT2D eigenvalue weighted by Gasteiger charge is 2.15. The van der Waals surface area contributed by atoms with Crippen molar-refractivity contribution in [2.75, 3.05) is 13.2 Å². The van der Waals surface area contributed by atoms with Crippen LogP contribution in [0, 0.1) is 0 Å². The van der Waals surface area contributed by atoms with Crippen LogP contribution in [0.1, 0.15) is 12.0 Å². The topological polar surface area (TPSA) is 81.8 Å². The molecule has 5 nitrogen and oxygen atoms in total. The third-order valence-electron chi connectivity index (χ3n) is 2.58. The molecule has 0 amide bonds. The molecule has 0 unspecified atom stereocenters. The molecule has 17 heavy (non-hydrogen) atoms. The van der Waals surface area contributed by atoms with Crippen LogP contribution in [0.15, 0.2) is 18.2 Å². The maximum absolute atomic E-state index is 10.7. The summed E-state index contributed by atoms with van der Waals surface area (Å²) in [5, 5.41) is 8.75. The molecule has 1 aromatic rings. The molecule has 5 heteroatoms. The van der Waals surface area contributed by atoms with Gasteiger partial charge in [0.05, 0.1) is 13.2 Å².